The van der Waals surface area contributed by atoms with Crippen LogP contribution in [0.3, 0.4) is 0 Å². The molecule has 0 aliphatic carbocycles. The summed E-state index contributed by atoms with van der Waals surface area (Å²) in [5, 5.41) is 8.71. The number of nitrogen functional groups attached to an aromatic ring is 1. The third-order valence-electron chi connectivity index (χ3n) is 2.08. The topological polar surface area (TPSA) is 56.7 Å². The van der Waals surface area contributed by atoms with Crippen LogP contribution < -0.4 is 5.73 Å². The van der Waals surface area contributed by atoms with Crippen LogP contribution in [-0.4, -0.2) is 14.8 Å². The van der Waals surface area contributed by atoms with Gasteiger partial charge in [0, 0.05) is 18.5 Å². The number of hydrogen-bond donors (Lipinski definition) is 1. The van der Waals surface area contributed by atoms with Crippen molar-refractivity contribution in [2.45, 2.75) is 10.9 Å². The van der Waals surface area contributed by atoms with Gasteiger partial charge in [0.25, 0.3) is 0 Å². The van der Waals surface area contributed by atoms with Gasteiger partial charge in [-0.3, -0.25) is 0 Å². The van der Waals surface area contributed by atoms with Crippen molar-refractivity contribution in [3.63, 3.8) is 0 Å². The highest BCUT2D eigenvalue weighted by Crippen LogP contribution is 2.22. The van der Waals surface area contributed by atoms with Crippen molar-refractivity contribution < 1.29 is 0 Å². The summed E-state index contributed by atoms with van der Waals surface area (Å²) in [4.78, 5) is 0. The van der Waals surface area contributed by atoms with Crippen molar-refractivity contribution in [2.75, 3.05) is 5.73 Å². The summed E-state index contributed by atoms with van der Waals surface area (Å²) in [7, 11) is 1.93. The molecular formula is C10H12N4S. The molecule has 0 aliphatic heterocycles. The molecule has 2 aromatic rings. The van der Waals surface area contributed by atoms with Crippen LogP contribution in [-0.2, 0) is 12.8 Å². The standard InChI is InChI=1S/C10H12N4S/c1-14-7-12-13-10(14)15-6-8-4-2-3-5-9(8)11/h2-5,7H,6,11H2,1H3. The van der Waals surface area contributed by atoms with Gasteiger partial charge >= 0.3 is 0 Å². The molecule has 0 atom stereocenters. The number of benzene rings is 1. The molecule has 0 saturated heterocycles. The van der Waals surface area contributed by atoms with E-state index < -0.39 is 0 Å². The summed E-state index contributed by atoms with van der Waals surface area (Å²) >= 11 is 1.63. The predicted octanol–water partition coefficient (Wildman–Crippen LogP) is 1.69. The third-order valence-corrected chi connectivity index (χ3v) is 3.16. The molecule has 0 unspecified atom stereocenters. The second kappa shape index (κ2) is 4.35. The van der Waals surface area contributed by atoms with Gasteiger partial charge < -0.3 is 10.3 Å². The minimum absolute atomic E-state index is 0.819. The van der Waals surface area contributed by atoms with Crippen LogP contribution in [0.2, 0.25) is 0 Å². The van der Waals surface area contributed by atoms with E-state index in [1.165, 1.54) is 0 Å². The van der Waals surface area contributed by atoms with Crippen LogP contribution in [0.25, 0.3) is 0 Å². The smallest absolute Gasteiger partial charge is 0.191 e. The first kappa shape index (κ1) is 10.0. The monoisotopic (exact) mass is 220 g/mol. The summed E-state index contributed by atoms with van der Waals surface area (Å²) < 4.78 is 1.89. The van der Waals surface area contributed by atoms with Crippen molar-refractivity contribution in [1.29, 1.82) is 0 Å². The van der Waals surface area contributed by atoms with E-state index >= 15 is 0 Å². The maximum Gasteiger partial charge on any atom is 0.191 e. The summed E-state index contributed by atoms with van der Waals surface area (Å²) in [5.74, 6) is 0.819. The molecule has 0 saturated carbocycles. The van der Waals surface area contributed by atoms with E-state index in [2.05, 4.69) is 10.2 Å². The van der Waals surface area contributed by atoms with E-state index in [0.717, 1.165) is 22.2 Å². The Balaban J connectivity index is 2.06. The van der Waals surface area contributed by atoms with Crippen LogP contribution in [0.15, 0.2) is 35.7 Å². The van der Waals surface area contributed by atoms with Gasteiger partial charge in [-0.15, -0.1) is 10.2 Å². The lowest BCUT2D eigenvalue weighted by atomic mass is 10.2. The van der Waals surface area contributed by atoms with Crippen molar-refractivity contribution in [2.24, 2.45) is 7.05 Å². The van der Waals surface area contributed by atoms with Gasteiger partial charge in [0.2, 0.25) is 0 Å². The number of rotatable bonds is 3. The highest BCUT2D eigenvalue weighted by Gasteiger charge is 2.03. The van der Waals surface area contributed by atoms with Gasteiger partial charge in [0.05, 0.1) is 0 Å². The molecule has 4 nitrogen and oxygen atoms in total. The van der Waals surface area contributed by atoms with E-state index in [0.29, 0.717) is 0 Å². The molecule has 1 aromatic carbocycles. The number of aryl methyl sites for hydroxylation is 1. The zero-order valence-electron chi connectivity index (χ0n) is 8.42. The average molecular weight is 220 g/mol. The quantitative estimate of drug-likeness (QED) is 0.631. The number of nitrogens with two attached hydrogens (primary N) is 1. The molecule has 0 aliphatic rings. The lowest BCUT2D eigenvalue weighted by Gasteiger charge is -2.03. The Labute approximate surface area is 92.5 Å². The lowest BCUT2D eigenvalue weighted by molar-refractivity contribution is 0.788. The molecule has 1 aromatic heterocycles. The Bertz CT molecular complexity index is 452. The molecule has 5 heteroatoms. The first-order chi connectivity index (χ1) is 7.27. The zero-order chi connectivity index (χ0) is 10.7. The largest absolute Gasteiger partial charge is 0.398 e. The third kappa shape index (κ3) is 2.30. The van der Waals surface area contributed by atoms with Crippen LogP contribution in [0.4, 0.5) is 5.69 Å². The Morgan fingerprint density at radius 1 is 1.40 bits per heavy atom. The molecule has 2 rings (SSSR count). The molecule has 15 heavy (non-hydrogen) atoms. The molecule has 1 heterocycles. The molecule has 0 spiro atoms. The van der Waals surface area contributed by atoms with Gasteiger partial charge in [0.1, 0.15) is 6.33 Å². The molecule has 78 valence electrons. The summed E-state index contributed by atoms with van der Waals surface area (Å²) in [5.41, 5.74) is 7.80. The number of nitrogens with zero attached hydrogens (tertiary/aromatic N) is 3. The van der Waals surface area contributed by atoms with Gasteiger partial charge in [-0.1, -0.05) is 30.0 Å². The fourth-order valence-corrected chi connectivity index (χ4v) is 2.11. The Kier molecular flexibility index (Phi) is 2.91. The zero-order valence-corrected chi connectivity index (χ0v) is 9.24. The van der Waals surface area contributed by atoms with Gasteiger partial charge in [0.15, 0.2) is 5.16 Å². The minimum Gasteiger partial charge on any atom is -0.398 e. The van der Waals surface area contributed by atoms with Gasteiger partial charge in [-0.25, -0.2) is 0 Å². The summed E-state index contributed by atoms with van der Waals surface area (Å²) in [6.07, 6.45) is 1.69. The molecule has 2 N–H and O–H groups in total. The lowest BCUT2D eigenvalue weighted by Crippen LogP contribution is -1.93. The molecule has 0 bridgehead atoms. The van der Waals surface area contributed by atoms with Crippen LogP contribution >= 0.6 is 11.8 Å². The first-order valence-corrected chi connectivity index (χ1v) is 5.56. The Hall–Kier alpha value is -1.49. The summed E-state index contributed by atoms with van der Waals surface area (Å²) in [6, 6.07) is 7.86. The maximum atomic E-state index is 5.84. The van der Waals surface area contributed by atoms with Gasteiger partial charge in [-0.05, 0) is 11.6 Å². The normalized spacial score (nSPS) is 10.5. The van der Waals surface area contributed by atoms with E-state index in [9.17, 15) is 0 Å². The first-order valence-electron chi connectivity index (χ1n) is 4.57. The second-order valence-corrected chi connectivity index (χ2v) is 4.15. The Morgan fingerprint density at radius 2 is 2.20 bits per heavy atom. The van der Waals surface area contributed by atoms with Crippen LogP contribution in [0.1, 0.15) is 5.56 Å². The number of thioether (sulfide) groups is 1. The van der Waals surface area contributed by atoms with Crippen molar-refractivity contribution >= 4 is 17.4 Å². The van der Waals surface area contributed by atoms with Gasteiger partial charge in [-0.2, -0.15) is 0 Å². The Morgan fingerprint density at radius 3 is 2.87 bits per heavy atom. The van der Waals surface area contributed by atoms with E-state index in [-0.39, 0.29) is 0 Å². The van der Waals surface area contributed by atoms with E-state index in [1.54, 1.807) is 18.1 Å². The van der Waals surface area contributed by atoms with E-state index in [4.69, 9.17) is 5.73 Å². The maximum absolute atomic E-state index is 5.84. The highest BCUT2D eigenvalue weighted by atomic mass is 32.2. The fourth-order valence-electron chi connectivity index (χ4n) is 1.21. The van der Waals surface area contributed by atoms with Crippen molar-refractivity contribution in [3.05, 3.63) is 36.2 Å². The highest BCUT2D eigenvalue weighted by molar-refractivity contribution is 7.98. The molecule has 0 amide bonds. The van der Waals surface area contributed by atoms with Crippen molar-refractivity contribution in [1.82, 2.24) is 14.8 Å². The number of aromatic nitrogens is 3. The number of anilines is 1. The molecule has 0 radical (unpaired) electrons. The SMILES string of the molecule is Cn1cnnc1SCc1ccccc1N. The van der Waals surface area contributed by atoms with E-state index in [1.807, 2.05) is 35.9 Å². The average Bonchev–Trinajstić information content (AvgIpc) is 2.63. The molecule has 0 fully saturated rings. The molecular weight excluding hydrogens is 208 g/mol. The number of para-hydroxylation sites is 1. The van der Waals surface area contributed by atoms with Crippen LogP contribution in [0, 0.1) is 0 Å². The number of hydrogen-bond acceptors (Lipinski definition) is 4. The minimum atomic E-state index is 0.819. The summed E-state index contributed by atoms with van der Waals surface area (Å²) in [6.45, 7) is 0. The second-order valence-electron chi connectivity index (χ2n) is 3.21. The predicted molar refractivity (Wildman–Crippen MR) is 61.4 cm³/mol. The van der Waals surface area contributed by atoms with Crippen molar-refractivity contribution in [3.8, 4) is 0 Å². The van der Waals surface area contributed by atoms with Crippen LogP contribution in [0.5, 0.6) is 0 Å². The fraction of sp³-hybridized carbons (Fsp3) is 0.200.